The van der Waals surface area contributed by atoms with Crippen LogP contribution in [-0.2, 0) is 11.2 Å². The number of thiocarbonyl (C=S) groups is 1. The maximum Gasteiger partial charge on any atom is 0.156 e. The highest BCUT2D eigenvalue weighted by molar-refractivity contribution is 7.80. The molecule has 0 bridgehead atoms. The van der Waals surface area contributed by atoms with Crippen molar-refractivity contribution in [2.24, 2.45) is 5.73 Å². The average molecular weight is 288 g/mol. The summed E-state index contributed by atoms with van der Waals surface area (Å²) in [6.45, 7) is 0.703. The van der Waals surface area contributed by atoms with Crippen LogP contribution >= 0.6 is 12.2 Å². The molecule has 1 aromatic heterocycles. The predicted molar refractivity (Wildman–Crippen MR) is 82.2 cm³/mol. The van der Waals surface area contributed by atoms with Crippen LogP contribution in [0.15, 0.2) is 42.6 Å². The number of hydrogen-bond donors (Lipinski definition) is 1. The van der Waals surface area contributed by atoms with Crippen molar-refractivity contribution < 1.29 is 9.47 Å². The molecule has 2 aromatic rings. The molecule has 1 aromatic carbocycles. The second-order valence-corrected chi connectivity index (χ2v) is 4.64. The third kappa shape index (κ3) is 3.76. The molecule has 0 aliphatic carbocycles. The molecule has 0 fully saturated rings. The SMILES string of the molecule is COCCc1ccc(Oc2cccnc2C(N)=S)cc1. The third-order valence-corrected chi connectivity index (χ3v) is 2.94. The molecule has 0 atom stereocenters. The zero-order chi connectivity index (χ0) is 14.4. The van der Waals surface area contributed by atoms with E-state index in [0.29, 0.717) is 18.1 Å². The fourth-order valence-electron chi connectivity index (χ4n) is 1.73. The topological polar surface area (TPSA) is 57.4 Å². The van der Waals surface area contributed by atoms with Gasteiger partial charge in [-0.2, -0.15) is 0 Å². The van der Waals surface area contributed by atoms with E-state index in [-0.39, 0.29) is 4.99 Å². The summed E-state index contributed by atoms with van der Waals surface area (Å²) in [4.78, 5) is 4.34. The molecule has 0 aliphatic rings. The number of hydrogen-bond acceptors (Lipinski definition) is 4. The normalized spacial score (nSPS) is 10.2. The Balaban J connectivity index is 2.12. The molecule has 104 valence electrons. The summed E-state index contributed by atoms with van der Waals surface area (Å²) in [5, 5.41) is 0. The Morgan fingerprint density at radius 3 is 2.65 bits per heavy atom. The maximum absolute atomic E-state index is 5.77. The number of aromatic nitrogens is 1. The van der Waals surface area contributed by atoms with Crippen LogP contribution < -0.4 is 10.5 Å². The molecule has 0 unspecified atom stereocenters. The van der Waals surface area contributed by atoms with Gasteiger partial charge in [0.15, 0.2) is 5.75 Å². The monoisotopic (exact) mass is 288 g/mol. The van der Waals surface area contributed by atoms with Gasteiger partial charge in [0.25, 0.3) is 0 Å². The number of benzene rings is 1. The van der Waals surface area contributed by atoms with Crippen LogP contribution in [0, 0.1) is 0 Å². The van der Waals surface area contributed by atoms with Crippen molar-refractivity contribution in [1.29, 1.82) is 0 Å². The third-order valence-electron chi connectivity index (χ3n) is 2.75. The van der Waals surface area contributed by atoms with Gasteiger partial charge in [-0.1, -0.05) is 24.4 Å². The van der Waals surface area contributed by atoms with Gasteiger partial charge in [-0.05, 0) is 36.2 Å². The predicted octanol–water partition coefficient (Wildman–Crippen LogP) is 2.70. The lowest BCUT2D eigenvalue weighted by atomic mass is 10.1. The Morgan fingerprint density at radius 1 is 1.25 bits per heavy atom. The number of nitrogens with zero attached hydrogens (tertiary/aromatic N) is 1. The molecule has 2 N–H and O–H groups in total. The summed E-state index contributed by atoms with van der Waals surface area (Å²) in [7, 11) is 1.69. The largest absolute Gasteiger partial charge is 0.455 e. The molecule has 0 saturated heterocycles. The van der Waals surface area contributed by atoms with Crippen molar-refractivity contribution in [2.45, 2.75) is 6.42 Å². The van der Waals surface area contributed by atoms with Gasteiger partial charge in [0, 0.05) is 13.3 Å². The highest BCUT2D eigenvalue weighted by atomic mass is 32.1. The summed E-state index contributed by atoms with van der Waals surface area (Å²) >= 11 is 4.96. The van der Waals surface area contributed by atoms with Crippen LogP contribution in [0.3, 0.4) is 0 Å². The van der Waals surface area contributed by atoms with Crippen molar-refractivity contribution in [2.75, 3.05) is 13.7 Å². The first kappa shape index (κ1) is 14.4. The Labute approximate surface area is 123 Å². The van der Waals surface area contributed by atoms with Gasteiger partial charge in [-0.25, -0.2) is 4.98 Å². The van der Waals surface area contributed by atoms with Crippen molar-refractivity contribution in [3.63, 3.8) is 0 Å². The van der Waals surface area contributed by atoms with Crippen LogP contribution in [0.5, 0.6) is 11.5 Å². The van der Waals surface area contributed by atoms with Crippen LogP contribution in [0.2, 0.25) is 0 Å². The van der Waals surface area contributed by atoms with E-state index in [1.165, 1.54) is 5.56 Å². The molecular weight excluding hydrogens is 272 g/mol. The number of nitrogens with two attached hydrogens (primary N) is 1. The van der Waals surface area contributed by atoms with E-state index in [1.807, 2.05) is 24.3 Å². The summed E-state index contributed by atoms with van der Waals surface area (Å²) in [5.74, 6) is 1.28. The van der Waals surface area contributed by atoms with E-state index in [2.05, 4.69) is 4.98 Å². The summed E-state index contributed by atoms with van der Waals surface area (Å²) < 4.78 is 10.8. The van der Waals surface area contributed by atoms with Gasteiger partial charge in [0.05, 0.1) is 6.61 Å². The molecule has 0 aliphatic heterocycles. The van der Waals surface area contributed by atoms with Crippen molar-refractivity contribution in [3.05, 3.63) is 53.9 Å². The number of ether oxygens (including phenoxy) is 2. The molecule has 0 saturated carbocycles. The van der Waals surface area contributed by atoms with Crippen molar-refractivity contribution >= 4 is 17.2 Å². The van der Waals surface area contributed by atoms with E-state index >= 15 is 0 Å². The molecule has 0 amide bonds. The molecule has 4 nitrogen and oxygen atoms in total. The Morgan fingerprint density at radius 2 is 2.00 bits per heavy atom. The number of rotatable bonds is 6. The van der Waals surface area contributed by atoms with Crippen molar-refractivity contribution in [1.82, 2.24) is 4.98 Å². The smallest absolute Gasteiger partial charge is 0.156 e. The van der Waals surface area contributed by atoms with Gasteiger partial charge >= 0.3 is 0 Å². The van der Waals surface area contributed by atoms with Crippen LogP contribution in [0.4, 0.5) is 0 Å². The van der Waals surface area contributed by atoms with Crippen molar-refractivity contribution in [3.8, 4) is 11.5 Å². The van der Waals surface area contributed by atoms with Gasteiger partial charge in [-0.3, -0.25) is 0 Å². The molecule has 20 heavy (non-hydrogen) atoms. The van der Waals surface area contributed by atoms with Crippen LogP contribution in [0.1, 0.15) is 11.3 Å². The maximum atomic E-state index is 5.77. The fraction of sp³-hybridized carbons (Fsp3) is 0.200. The Bertz CT molecular complexity index is 585. The lowest BCUT2D eigenvalue weighted by molar-refractivity contribution is 0.202. The summed E-state index contributed by atoms with van der Waals surface area (Å²) in [5.41, 5.74) is 7.31. The second kappa shape index (κ2) is 6.98. The second-order valence-electron chi connectivity index (χ2n) is 4.20. The first-order valence-electron chi connectivity index (χ1n) is 6.21. The van der Waals surface area contributed by atoms with E-state index < -0.39 is 0 Å². The molecule has 0 spiro atoms. The zero-order valence-electron chi connectivity index (χ0n) is 11.2. The fourth-order valence-corrected chi connectivity index (χ4v) is 1.88. The zero-order valence-corrected chi connectivity index (χ0v) is 12.0. The van der Waals surface area contributed by atoms with Gasteiger partial charge in [0.2, 0.25) is 0 Å². The van der Waals surface area contributed by atoms with Gasteiger partial charge in [-0.15, -0.1) is 0 Å². The molecule has 5 heteroatoms. The standard InChI is InChI=1S/C15H16N2O2S/c1-18-10-8-11-4-6-12(7-5-11)19-13-3-2-9-17-14(13)15(16)20/h2-7,9H,8,10H2,1H3,(H2,16,20). The minimum absolute atomic E-state index is 0.220. The van der Waals surface area contributed by atoms with Gasteiger partial charge < -0.3 is 15.2 Å². The number of pyridine rings is 1. The van der Waals surface area contributed by atoms with E-state index in [4.69, 9.17) is 27.4 Å². The highest BCUT2D eigenvalue weighted by Crippen LogP contribution is 2.24. The lowest BCUT2D eigenvalue weighted by Crippen LogP contribution is -2.12. The minimum Gasteiger partial charge on any atom is -0.455 e. The summed E-state index contributed by atoms with van der Waals surface area (Å²) in [6.07, 6.45) is 2.51. The van der Waals surface area contributed by atoms with Crippen LogP contribution in [-0.4, -0.2) is 23.7 Å². The molecule has 0 radical (unpaired) electrons. The van der Waals surface area contributed by atoms with Gasteiger partial charge in [0.1, 0.15) is 16.4 Å². The molecule has 2 rings (SSSR count). The van der Waals surface area contributed by atoms with E-state index in [1.54, 1.807) is 25.4 Å². The first-order valence-corrected chi connectivity index (χ1v) is 6.62. The lowest BCUT2D eigenvalue weighted by Gasteiger charge is -2.09. The van der Waals surface area contributed by atoms with E-state index in [0.717, 1.165) is 12.2 Å². The Hall–Kier alpha value is -1.98. The number of methoxy groups -OCH3 is 1. The molecular formula is C15H16N2O2S. The molecule has 1 heterocycles. The van der Waals surface area contributed by atoms with E-state index in [9.17, 15) is 0 Å². The quantitative estimate of drug-likeness (QED) is 0.828. The first-order chi connectivity index (χ1) is 9.70. The average Bonchev–Trinajstić information content (AvgIpc) is 2.47. The highest BCUT2D eigenvalue weighted by Gasteiger charge is 2.08. The van der Waals surface area contributed by atoms with Crippen LogP contribution in [0.25, 0.3) is 0 Å². The Kier molecular flexibility index (Phi) is 5.03. The minimum atomic E-state index is 0.220. The summed E-state index contributed by atoms with van der Waals surface area (Å²) in [6, 6.07) is 11.4.